The Kier molecular flexibility index (Phi) is 5.02. The molecule has 1 N–H and O–H groups in total. The number of hydrogen-bond acceptors (Lipinski definition) is 2. The second kappa shape index (κ2) is 6.75. The molecule has 0 saturated heterocycles. The summed E-state index contributed by atoms with van der Waals surface area (Å²) in [6, 6.07) is 4.41. The highest BCUT2D eigenvalue weighted by Crippen LogP contribution is 2.32. The number of hydrogen-bond donors (Lipinski definition) is 1. The van der Waals surface area contributed by atoms with Gasteiger partial charge >= 0.3 is 0 Å². The molecule has 106 valence electrons. The molecule has 0 aromatic carbocycles. The van der Waals surface area contributed by atoms with Crippen molar-refractivity contribution in [1.82, 2.24) is 9.47 Å². The summed E-state index contributed by atoms with van der Waals surface area (Å²) in [7, 11) is 1.86. The number of nitrogens with zero attached hydrogens (tertiary/aromatic N) is 2. The third kappa shape index (κ3) is 3.38. The van der Waals surface area contributed by atoms with E-state index in [-0.39, 0.29) is 12.5 Å². The standard InChI is InChI=1S/C15H24N2O2/c1-16(10-3-2-4-12-18)15(19)14-9-6-11-17(14)13-7-5-8-13/h6,9,11,13,18H,2-5,7-8,10,12H2,1H3. The highest BCUT2D eigenvalue weighted by molar-refractivity contribution is 5.92. The summed E-state index contributed by atoms with van der Waals surface area (Å²) in [4.78, 5) is 14.2. The molecule has 2 rings (SSSR count). The topological polar surface area (TPSA) is 45.5 Å². The maximum absolute atomic E-state index is 12.4. The third-order valence-corrected chi connectivity index (χ3v) is 3.96. The largest absolute Gasteiger partial charge is 0.396 e. The van der Waals surface area contributed by atoms with Crippen molar-refractivity contribution in [3.05, 3.63) is 24.0 Å². The predicted molar refractivity (Wildman–Crippen MR) is 75.2 cm³/mol. The number of rotatable bonds is 7. The van der Waals surface area contributed by atoms with E-state index < -0.39 is 0 Å². The molecule has 1 aromatic rings. The Morgan fingerprint density at radius 2 is 2.21 bits per heavy atom. The molecule has 1 aliphatic carbocycles. The van der Waals surface area contributed by atoms with Crippen molar-refractivity contribution in [2.75, 3.05) is 20.2 Å². The number of aromatic nitrogens is 1. The molecule has 0 bridgehead atoms. The molecule has 4 heteroatoms. The van der Waals surface area contributed by atoms with E-state index >= 15 is 0 Å². The van der Waals surface area contributed by atoms with Gasteiger partial charge in [0.15, 0.2) is 0 Å². The quantitative estimate of drug-likeness (QED) is 0.769. The lowest BCUT2D eigenvalue weighted by Crippen LogP contribution is -2.31. The fraction of sp³-hybridized carbons (Fsp3) is 0.667. The average molecular weight is 264 g/mol. The van der Waals surface area contributed by atoms with Crippen LogP contribution < -0.4 is 0 Å². The lowest BCUT2D eigenvalue weighted by Gasteiger charge is -2.29. The van der Waals surface area contributed by atoms with Gasteiger partial charge in [-0.1, -0.05) is 0 Å². The Balaban J connectivity index is 1.89. The fourth-order valence-electron chi connectivity index (χ4n) is 2.49. The van der Waals surface area contributed by atoms with E-state index in [0.717, 1.165) is 31.5 Å². The minimum absolute atomic E-state index is 0.112. The number of aliphatic hydroxyl groups excluding tert-OH is 1. The van der Waals surface area contributed by atoms with Crippen LogP contribution in [0.4, 0.5) is 0 Å². The van der Waals surface area contributed by atoms with Crippen molar-refractivity contribution in [2.45, 2.75) is 44.6 Å². The number of carbonyl (C=O) groups is 1. The minimum atomic E-state index is 0.112. The van der Waals surface area contributed by atoms with Crippen LogP contribution in [0.5, 0.6) is 0 Å². The Bertz CT molecular complexity index is 410. The average Bonchev–Trinajstić information content (AvgIpc) is 2.80. The van der Waals surface area contributed by atoms with Crippen LogP contribution in [0, 0.1) is 0 Å². The maximum Gasteiger partial charge on any atom is 0.270 e. The lowest BCUT2D eigenvalue weighted by molar-refractivity contribution is 0.0775. The van der Waals surface area contributed by atoms with Gasteiger partial charge < -0.3 is 14.6 Å². The van der Waals surface area contributed by atoms with E-state index in [4.69, 9.17) is 5.11 Å². The van der Waals surface area contributed by atoms with E-state index in [1.54, 1.807) is 4.90 Å². The summed E-state index contributed by atoms with van der Waals surface area (Å²) in [6.07, 6.45) is 8.42. The second-order valence-corrected chi connectivity index (χ2v) is 5.40. The van der Waals surface area contributed by atoms with E-state index in [2.05, 4.69) is 4.57 Å². The lowest BCUT2D eigenvalue weighted by atomic mass is 9.93. The van der Waals surface area contributed by atoms with E-state index in [1.165, 1.54) is 19.3 Å². The van der Waals surface area contributed by atoms with E-state index in [1.807, 2.05) is 25.4 Å². The molecule has 19 heavy (non-hydrogen) atoms. The summed E-state index contributed by atoms with van der Waals surface area (Å²) >= 11 is 0. The molecule has 1 saturated carbocycles. The molecular formula is C15H24N2O2. The Labute approximate surface area is 115 Å². The first-order chi connectivity index (χ1) is 9.24. The van der Waals surface area contributed by atoms with E-state index in [9.17, 15) is 4.79 Å². The Morgan fingerprint density at radius 1 is 1.42 bits per heavy atom. The van der Waals surface area contributed by atoms with Crippen molar-refractivity contribution >= 4 is 5.91 Å². The van der Waals surface area contributed by atoms with Gasteiger partial charge in [-0.2, -0.15) is 0 Å². The van der Waals surface area contributed by atoms with Gasteiger partial charge in [-0.05, 0) is 50.7 Å². The molecule has 1 aliphatic rings. The van der Waals surface area contributed by atoms with Gasteiger partial charge in [0.25, 0.3) is 5.91 Å². The predicted octanol–water partition coefficient (Wildman–Crippen LogP) is 2.45. The third-order valence-electron chi connectivity index (χ3n) is 3.96. The van der Waals surface area contributed by atoms with Gasteiger partial charge in [-0.25, -0.2) is 0 Å². The van der Waals surface area contributed by atoms with Gasteiger partial charge in [0, 0.05) is 32.4 Å². The van der Waals surface area contributed by atoms with Crippen molar-refractivity contribution in [1.29, 1.82) is 0 Å². The SMILES string of the molecule is CN(CCCCCO)C(=O)c1cccn1C1CCC1. The second-order valence-electron chi connectivity index (χ2n) is 5.40. The van der Waals surface area contributed by atoms with Gasteiger partial charge in [0.2, 0.25) is 0 Å². The summed E-state index contributed by atoms with van der Waals surface area (Å²) < 4.78 is 2.13. The Morgan fingerprint density at radius 3 is 2.84 bits per heavy atom. The molecule has 0 atom stereocenters. The molecule has 0 aliphatic heterocycles. The monoisotopic (exact) mass is 264 g/mol. The highest BCUT2D eigenvalue weighted by Gasteiger charge is 2.24. The van der Waals surface area contributed by atoms with Crippen LogP contribution in [0.15, 0.2) is 18.3 Å². The van der Waals surface area contributed by atoms with Crippen molar-refractivity contribution in [2.24, 2.45) is 0 Å². The first kappa shape index (κ1) is 14.1. The zero-order valence-corrected chi connectivity index (χ0v) is 11.7. The molecule has 1 fully saturated rings. The van der Waals surface area contributed by atoms with Crippen molar-refractivity contribution in [3.8, 4) is 0 Å². The molecule has 1 amide bonds. The van der Waals surface area contributed by atoms with Crippen molar-refractivity contribution in [3.63, 3.8) is 0 Å². The molecule has 0 radical (unpaired) electrons. The van der Waals surface area contributed by atoms with Gasteiger partial charge in [-0.3, -0.25) is 4.79 Å². The number of unbranched alkanes of at least 4 members (excludes halogenated alkanes) is 2. The van der Waals surface area contributed by atoms with Crippen LogP contribution in [-0.4, -0.2) is 40.7 Å². The zero-order valence-electron chi connectivity index (χ0n) is 11.7. The summed E-state index contributed by atoms with van der Waals surface area (Å²) in [6.45, 7) is 0.997. The first-order valence-electron chi connectivity index (χ1n) is 7.27. The molecular weight excluding hydrogens is 240 g/mol. The molecule has 4 nitrogen and oxygen atoms in total. The Hall–Kier alpha value is -1.29. The fourth-order valence-corrected chi connectivity index (χ4v) is 2.49. The van der Waals surface area contributed by atoms with Crippen LogP contribution in [0.25, 0.3) is 0 Å². The highest BCUT2D eigenvalue weighted by atomic mass is 16.2. The number of carbonyl (C=O) groups excluding carboxylic acids is 1. The zero-order chi connectivity index (χ0) is 13.7. The van der Waals surface area contributed by atoms with Gasteiger partial charge in [0.1, 0.15) is 5.69 Å². The number of aliphatic hydroxyl groups is 1. The smallest absolute Gasteiger partial charge is 0.270 e. The molecule has 1 aromatic heterocycles. The maximum atomic E-state index is 12.4. The van der Waals surface area contributed by atoms with Crippen molar-refractivity contribution < 1.29 is 9.90 Å². The number of amides is 1. The van der Waals surface area contributed by atoms with Crippen LogP contribution in [0.1, 0.15) is 55.1 Å². The van der Waals surface area contributed by atoms with Crippen LogP contribution in [0.3, 0.4) is 0 Å². The van der Waals surface area contributed by atoms with E-state index in [0.29, 0.717) is 6.04 Å². The minimum Gasteiger partial charge on any atom is -0.396 e. The van der Waals surface area contributed by atoms with Crippen LogP contribution in [0.2, 0.25) is 0 Å². The molecule has 1 heterocycles. The van der Waals surface area contributed by atoms with Gasteiger partial charge in [-0.15, -0.1) is 0 Å². The summed E-state index contributed by atoms with van der Waals surface area (Å²) in [5.41, 5.74) is 0.814. The normalized spacial score (nSPS) is 15.3. The van der Waals surface area contributed by atoms with Gasteiger partial charge in [0.05, 0.1) is 0 Å². The molecule has 0 spiro atoms. The van der Waals surface area contributed by atoms with Crippen LogP contribution in [-0.2, 0) is 0 Å². The summed E-state index contributed by atoms with van der Waals surface area (Å²) in [5, 5.41) is 8.74. The van der Waals surface area contributed by atoms with Crippen LogP contribution >= 0.6 is 0 Å². The molecule has 0 unspecified atom stereocenters. The summed E-state index contributed by atoms with van der Waals surface area (Å²) in [5.74, 6) is 0.112. The first-order valence-corrected chi connectivity index (χ1v) is 7.27.